The second-order valence-electron chi connectivity index (χ2n) is 5.52. The smallest absolute Gasteiger partial charge is 0.242 e. The van der Waals surface area contributed by atoms with Crippen LogP contribution in [0.25, 0.3) is 0 Å². The van der Waals surface area contributed by atoms with Gasteiger partial charge in [0.1, 0.15) is 0 Å². The van der Waals surface area contributed by atoms with E-state index in [4.69, 9.17) is 0 Å². The predicted octanol–water partition coefficient (Wildman–Crippen LogP) is 0.880. The molecule has 0 aromatic heterocycles. The topological polar surface area (TPSA) is 35.6 Å². The molecule has 106 valence electrons. The summed E-state index contributed by atoms with van der Waals surface area (Å²) in [7, 11) is 1.92. The van der Waals surface area contributed by atoms with E-state index >= 15 is 0 Å². The van der Waals surface area contributed by atoms with Crippen molar-refractivity contribution < 1.29 is 4.79 Å². The van der Waals surface area contributed by atoms with Crippen LogP contribution in [0.5, 0.6) is 0 Å². The lowest BCUT2D eigenvalue weighted by Gasteiger charge is -2.42. The van der Waals surface area contributed by atoms with Crippen LogP contribution in [0.3, 0.4) is 0 Å². The van der Waals surface area contributed by atoms with Crippen molar-refractivity contribution in [2.24, 2.45) is 0 Å². The average molecular weight is 273 g/mol. The van der Waals surface area contributed by atoms with Crippen molar-refractivity contribution in [1.29, 1.82) is 0 Å². The molecule has 5 heteroatoms. The Balaban J connectivity index is 2.67. The fraction of sp³-hybridized carbons (Fsp3) is 0.923. The Morgan fingerprint density at radius 2 is 2.00 bits per heavy atom. The standard InChI is InChI=1S/C13H27N3OS/c1-11(10-18-5)15(4)12(17)13(2,3)16-8-6-14-7-9-16/h11,14H,6-10H2,1-5H3. The van der Waals surface area contributed by atoms with E-state index in [1.807, 2.05) is 25.8 Å². The zero-order chi connectivity index (χ0) is 13.8. The van der Waals surface area contributed by atoms with E-state index in [-0.39, 0.29) is 11.9 Å². The van der Waals surface area contributed by atoms with Crippen molar-refractivity contribution in [3.8, 4) is 0 Å². The van der Waals surface area contributed by atoms with Gasteiger partial charge in [-0.05, 0) is 27.0 Å². The van der Waals surface area contributed by atoms with Crippen LogP contribution in [-0.2, 0) is 4.79 Å². The lowest BCUT2D eigenvalue weighted by atomic mass is 9.99. The Bertz CT molecular complexity index is 277. The van der Waals surface area contributed by atoms with E-state index in [0.29, 0.717) is 0 Å². The van der Waals surface area contributed by atoms with Gasteiger partial charge in [-0.15, -0.1) is 0 Å². The minimum absolute atomic E-state index is 0.228. The summed E-state index contributed by atoms with van der Waals surface area (Å²) in [5.74, 6) is 1.21. The number of nitrogens with zero attached hydrogens (tertiary/aromatic N) is 2. The van der Waals surface area contributed by atoms with E-state index in [0.717, 1.165) is 31.9 Å². The summed E-state index contributed by atoms with van der Waals surface area (Å²) in [4.78, 5) is 16.8. The number of carbonyl (C=O) groups excluding carboxylic acids is 1. The molecule has 1 aliphatic rings. The van der Waals surface area contributed by atoms with Crippen LogP contribution in [0.1, 0.15) is 20.8 Å². The summed E-state index contributed by atoms with van der Waals surface area (Å²) in [5, 5.41) is 3.33. The fourth-order valence-corrected chi connectivity index (χ4v) is 3.05. The zero-order valence-corrected chi connectivity index (χ0v) is 13.1. The predicted molar refractivity (Wildman–Crippen MR) is 79.1 cm³/mol. The van der Waals surface area contributed by atoms with Crippen LogP contribution in [0.2, 0.25) is 0 Å². The molecule has 1 amide bonds. The molecule has 1 heterocycles. The highest BCUT2D eigenvalue weighted by molar-refractivity contribution is 7.98. The minimum Gasteiger partial charge on any atom is -0.341 e. The van der Waals surface area contributed by atoms with Crippen molar-refractivity contribution in [2.45, 2.75) is 32.4 Å². The van der Waals surface area contributed by atoms with Crippen LogP contribution in [-0.4, -0.2) is 72.5 Å². The molecular formula is C13H27N3OS. The van der Waals surface area contributed by atoms with Gasteiger partial charge in [0.05, 0.1) is 5.54 Å². The number of hydrogen-bond donors (Lipinski definition) is 1. The molecule has 0 aromatic carbocycles. The number of hydrogen-bond acceptors (Lipinski definition) is 4. The summed E-state index contributed by atoms with van der Waals surface area (Å²) in [6.45, 7) is 10.0. The van der Waals surface area contributed by atoms with E-state index < -0.39 is 5.54 Å². The van der Waals surface area contributed by atoms with E-state index in [1.54, 1.807) is 11.8 Å². The molecule has 0 radical (unpaired) electrons. The highest BCUT2D eigenvalue weighted by atomic mass is 32.2. The third-order valence-corrected chi connectivity index (χ3v) is 4.64. The van der Waals surface area contributed by atoms with Crippen molar-refractivity contribution >= 4 is 17.7 Å². The molecule has 0 saturated carbocycles. The number of thioether (sulfide) groups is 1. The Labute approximate surface area is 115 Å². The minimum atomic E-state index is -0.399. The first-order valence-electron chi connectivity index (χ1n) is 6.63. The summed E-state index contributed by atoms with van der Waals surface area (Å²) < 4.78 is 0. The Morgan fingerprint density at radius 3 is 2.50 bits per heavy atom. The molecule has 0 aliphatic carbocycles. The van der Waals surface area contributed by atoms with Crippen molar-refractivity contribution in [3.63, 3.8) is 0 Å². The van der Waals surface area contributed by atoms with Gasteiger partial charge in [-0.2, -0.15) is 11.8 Å². The Hall–Kier alpha value is -0.260. The van der Waals surface area contributed by atoms with E-state index in [1.165, 1.54) is 0 Å². The number of amides is 1. The third kappa shape index (κ3) is 3.62. The van der Waals surface area contributed by atoms with E-state index in [2.05, 4.69) is 23.4 Å². The van der Waals surface area contributed by atoms with Gasteiger partial charge in [0.2, 0.25) is 5.91 Å². The number of carbonyl (C=O) groups is 1. The van der Waals surface area contributed by atoms with Gasteiger partial charge < -0.3 is 10.2 Å². The molecule has 0 aromatic rings. The van der Waals surface area contributed by atoms with Gasteiger partial charge in [0.25, 0.3) is 0 Å². The summed E-state index contributed by atoms with van der Waals surface area (Å²) in [6, 6.07) is 0.287. The maximum Gasteiger partial charge on any atom is 0.242 e. The van der Waals surface area contributed by atoms with Crippen molar-refractivity contribution in [1.82, 2.24) is 15.1 Å². The molecule has 18 heavy (non-hydrogen) atoms. The molecule has 0 bridgehead atoms. The molecule has 0 spiro atoms. The van der Waals surface area contributed by atoms with Gasteiger partial charge in [-0.1, -0.05) is 0 Å². The second kappa shape index (κ2) is 6.78. The fourth-order valence-electron chi connectivity index (χ4n) is 2.34. The van der Waals surface area contributed by atoms with Crippen LogP contribution in [0, 0.1) is 0 Å². The first kappa shape index (κ1) is 15.8. The molecule has 1 N–H and O–H groups in total. The number of piperazine rings is 1. The zero-order valence-electron chi connectivity index (χ0n) is 12.3. The molecule has 1 rings (SSSR count). The van der Waals surface area contributed by atoms with Gasteiger partial charge in [0.15, 0.2) is 0 Å². The van der Waals surface area contributed by atoms with E-state index in [9.17, 15) is 4.79 Å². The largest absolute Gasteiger partial charge is 0.341 e. The van der Waals surface area contributed by atoms with Crippen LogP contribution < -0.4 is 5.32 Å². The molecule has 1 aliphatic heterocycles. The lowest BCUT2D eigenvalue weighted by Crippen LogP contribution is -2.61. The van der Waals surface area contributed by atoms with Crippen LogP contribution in [0.4, 0.5) is 0 Å². The van der Waals surface area contributed by atoms with Gasteiger partial charge in [-0.3, -0.25) is 9.69 Å². The van der Waals surface area contributed by atoms with Crippen molar-refractivity contribution in [3.05, 3.63) is 0 Å². The highest BCUT2D eigenvalue weighted by Crippen LogP contribution is 2.19. The quantitative estimate of drug-likeness (QED) is 0.807. The lowest BCUT2D eigenvalue weighted by molar-refractivity contribution is -0.143. The monoisotopic (exact) mass is 273 g/mol. The average Bonchev–Trinajstić information content (AvgIpc) is 2.38. The van der Waals surface area contributed by atoms with Gasteiger partial charge in [-0.25, -0.2) is 0 Å². The van der Waals surface area contributed by atoms with Crippen molar-refractivity contribution in [2.75, 3.05) is 45.2 Å². The Morgan fingerprint density at radius 1 is 1.44 bits per heavy atom. The second-order valence-corrected chi connectivity index (χ2v) is 6.43. The van der Waals surface area contributed by atoms with Gasteiger partial charge in [0, 0.05) is 45.0 Å². The van der Waals surface area contributed by atoms with Crippen LogP contribution >= 0.6 is 11.8 Å². The Kier molecular flexibility index (Phi) is 5.95. The molecule has 1 fully saturated rings. The number of likely N-dealkylation sites (N-methyl/N-ethyl adjacent to an activating group) is 1. The normalized spacial score (nSPS) is 19.6. The number of rotatable bonds is 5. The molecule has 1 saturated heterocycles. The summed E-state index contributed by atoms with van der Waals surface area (Å²) >= 11 is 1.78. The van der Waals surface area contributed by atoms with Gasteiger partial charge >= 0.3 is 0 Å². The summed E-state index contributed by atoms with van der Waals surface area (Å²) in [5.41, 5.74) is -0.399. The third-order valence-electron chi connectivity index (χ3n) is 3.82. The SMILES string of the molecule is CSCC(C)N(C)C(=O)C(C)(C)N1CCNCC1. The maximum absolute atomic E-state index is 12.6. The molecule has 4 nitrogen and oxygen atoms in total. The maximum atomic E-state index is 12.6. The summed E-state index contributed by atoms with van der Waals surface area (Å²) in [6.07, 6.45) is 2.08. The number of nitrogens with one attached hydrogen (secondary N) is 1. The molecular weight excluding hydrogens is 246 g/mol. The first-order chi connectivity index (χ1) is 8.41. The highest BCUT2D eigenvalue weighted by Gasteiger charge is 2.38. The van der Waals surface area contributed by atoms with Crippen LogP contribution in [0.15, 0.2) is 0 Å². The molecule has 1 atom stereocenters. The molecule has 1 unspecified atom stereocenters. The first-order valence-corrected chi connectivity index (χ1v) is 8.02.